The zero-order valence-electron chi connectivity index (χ0n) is 27.9. The Morgan fingerprint density at radius 3 is 1.49 bits per heavy atom. The van der Waals surface area contributed by atoms with Crippen LogP contribution in [0.1, 0.15) is 0 Å². The Morgan fingerprint density at radius 2 is 0.725 bits per heavy atom. The molecule has 1 nitrogen and oxygen atoms in total. The Kier molecular flexibility index (Phi) is 6.89. The van der Waals surface area contributed by atoms with Crippen LogP contribution >= 0.6 is 0 Å². The number of rotatable bonds is 5. The molecule has 0 fully saturated rings. The van der Waals surface area contributed by atoms with Gasteiger partial charge in [0, 0.05) is 10.8 Å². The minimum Gasteiger partial charge on any atom is -0.456 e. The van der Waals surface area contributed by atoms with Gasteiger partial charge in [-0.05, 0) is 101 Å². The molecule has 10 rings (SSSR count). The van der Waals surface area contributed by atoms with Crippen LogP contribution in [0.15, 0.2) is 199 Å². The van der Waals surface area contributed by atoms with Gasteiger partial charge in [-0.15, -0.1) is 0 Å². The summed E-state index contributed by atoms with van der Waals surface area (Å²) in [5, 5.41) is 7.18. The van der Waals surface area contributed by atoms with Gasteiger partial charge in [-0.1, -0.05) is 170 Å². The molecule has 238 valence electrons. The maximum Gasteiger partial charge on any atom is 0.135 e. The topological polar surface area (TPSA) is 13.1 Å². The summed E-state index contributed by atoms with van der Waals surface area (Å²) in [6.07, 6.45) is 0. The Morgan fingerprint density at radius 1 is 0.235 bits per heavy atom. The van der Waals surface area contributed by atoms with Gasteiger partial charge in [-0.25, -0.2) is 0 Å². The lowest BCUT2D eigenvalue weighted by atomic mass is 9.85. The van der Waals surface area contributed by atoms with Crippen molar-refractivity contribution in [3.05, 3.63) is 194 Å². The zero-order valence-corrected chi connectivity index (χ0v) is 27.9. The van der Waals surface area contributed by atoms with Gasteiger partial charge in [0.1, 0.15) is 11.2 Å². The molecule has 0 aliphatic rings. The van der Waals surface area contributed by atoms with E-state index in [0.29, 0.717) is 0 Å². The summed E-state index contributed by atoms with van der Waals surface area (Å²) in [5.41, 5.74) is 14.0. The first kappa shape index (κ1) is 29.2. The summed E-state index contributed by atoms with van der Waals surface area (Å²) < 4.78 is 6.27. The number of para-hydroxylation sites is 1. The molecule has 0 aliphatic heterocycles. The van der Waals surface area contributed by atoms with E-state index in [-0.39, 0.29) is 0 Å². The smallest absolute Gasteiger partial charge is 0.135 e. The van der Waals surface area contributed by atoms with E-state index in [1.54, 1.807) is 0 Å². The van der Waals surface area contributed by atoms with Gasteiger partial charge in [0.2, 0.25) is 0 Å². The summed E-state index contributed by atoms with van der Waals surface area (Å²) in [6.45, 7) is 0. The maximum absolute atomic E-state index is 6.27. The van der Waals surface area contributed by atoms with Crippen molar-refractivity contribution in [2.75, 3.05) is 0 Å². The van der Waals surface area contributed by atoms with Crippen LogP contribution in [0.3, 0.4) is 0 Å². The van der Waals surface area contributed by atoms with Gasteiger partial charge < -0.3 is 4.42 Å². The van der Waals surface area contributed by atoms with E-state index in [0.717, 1.165) is 21.9 Å². The van der Waals surface area contributed by atoms with Gasteiger partial charge in [-0.2, -0.15) is 0 Å². The Hall–Kier alpha value is -6.70. The highest BCUT2D eigenvalue weighted by molar-refractivity contribution is 6.20. The number of furan rings is 1. The first-order valence-electron chi connectivity index (χ1n) is 17.5. The third-order valence-electron chi connectivity index (χ3n) is 10.3. The quantitative estimate of drug-likeness (QED) is 0.169. The third kappa shape index (κ3) is 4.94. The molecule has 10 aromatic rings. The van der Waals surface area contributed by atoms with Crippen LogP contribution in [0.5, 0.6) is 0 Å². The van der Waals surface area contributed by atoms with Gasteiger partial charge in [0.25, 0.3) is 0 Å². The van der Waals surface area contributed by atoms with E-state index >= 15 is 0 Å². The van der Waals surface area contributed by atoms with Crippen molar-refractivity contribution < 1.29 is 4.42 Å². The van der Waals surface area contributed by atoms with Crippen molar-refractivity contribution in [1.82, 2.24) is 0 Å². The lowest BCUT2D eigenvalue weighted by Crippen LogP contribution is -1.92. The van der Waals surface area contributed by atoms with Crippen LogP contribution in [0, 0.1) is 0 Å². The fourth-order valence-electron chi connectivity index (χ4n) is 7.91. The normalized spacial score (nSPS) is 11.5. The van der Waals surface area contributed by atoms with E-state index in [1.165, 1.54) is 77.2 Å². The van der Waals surface area contributed by atoms with E-state index in [4.69, 9.17) is 4.42 Å². The van der Waals surface area contributed by atoms with Gasteiger partial charge in [0.15, 0.2) is 0 Å². The molecule has 0 atom stereocenters. The monoisotopic (exact) mass is 648 g/mol. The minimum absolute atomic E-state index is 0.904. The average Bonchev–Trinajstić information content (AvgIpc) is 3.58. The summed E-state index contributed by atoms with van der Waals surface area (Å²) in [7, 11) is 0. The molecule has 0 bridgehead atoms. The highest BCUT2D eigenvalue weighted by Gasteiger charge is 2.18. The van der Waals surface area contributed by atoms with Crippen LogP contribution in [0.25, 0.3) is 99.1 Å². The van der Waals surface area contributed by atoms with Crippen molar-refractivity contribution in [3.8, 4) is 55.6 Å². The van der Waals surface area contributed by atoms with Crippen molar-refractivity contribution >= 4 is 43.5 Å². The lowest BCUT2D eigenvalue weighted by Gasteiger charge is -2.19. The highest BCUT2D eigenvalue weighted by Crippen LogP contribution is 2.45. The van der Waals surface area contributed by atoms with Crippen LogP contribution in [0.2, 0.25) is 0 Å². The fraction of sp³-hybridized carbons (Fsp3) is 0. The number of hydrogen-bond donors (Lipinski definition) is 0. The number of benzene rings is 9. The van der Waals surface area contributed by atoms with Gasteiger partial charge >= 0.3 is 0 Å². The molecule has 1 heterocycles. The molecule has 0 saturated heterocycles. The molecular formula is C50H32O. The highest BCUT2D eigenvalue weighted by atomic mass is 16.3. The Bertz CT molecular complexity index is 2880. The first-order valence-corrected chi connectivity index (χ1v) is 17.5. The standard InChI is InChI=1S/C50H32O/c1-3-13-33(14-4-1)34-25-27-36(28-26-34)39-20-11-22-43-45(39)32-46-41(40-18-8-7-17-38(40)35-15-5-2-6-16-35)21-12-23-44(46)50(43)37-29-30-49-47(31-37)42-19-9-10-24-48(42)51-49/h1-32H. The molecule has 51 heavy (non-hydrogen) atoms. The predicted molar refractivity (Wildman–Crippen MR) is 216 cm³/mol. The van der Waals surface area contributed by atoms with Crippen LogP contribution < -0.4 is 0 Å². The second-order valence-electron chi connectivity index (χ2n) is 13.2. The molecule has 0 unspecified atom stereocenters. The molecular weight excluding hydrogens is 617 g/mol. The van der Waals surface area contributed by atoms with E-state index in [2.05, 4.69) is 182 Å². The molecule has 0 saturated carbocycles. The van der Waals surface area contributed by atoms with Crippen LogP contribution in [0.4, 0.5) is 0 Å². The Balaban J connectivity index is 1.27. The molecule has 0 spiro atoms. The zero-order chi connectivity index (χ0) is 33.7. The number of hydrogen-bond acceptors (Lipinski definition) is 1. The van der Waals surface area contributed by atoms with Crippen molar-refractivity contribution in [1.29, 1.82) is 0 Å². The second kappa shape index (κ2) is 12.0. The molecule has 9 aromatic carbocycles. The Labute approximate surface area is 296 Å². The molecule has 0 N–H and O–H groups in total. The fourth-order valence-corrected chi connectivity index (χ4v) is 7.91. The second-order valence-corrected chi connectivity index (χ2v) is 13.2. The number of fused-ring (bicyclic) bond motifs is 5. The van der Waals surface area contributed by atoms with Crippen molar-refractivity contribution in [2.45, 2.75) is 0 Å². The van der Waals surface area contributed by atoms with Crippen LogP contribution in [-0.4, -0.2) is 0 Å². The third-order valence-corrected chi connectivity index (χ3v) is 10.3. The summed E-state index contributed by atoms with van der Waals surface area (Å²) in [4.78, 5) is 0. The molecule has 1 aromatic heterocycles. The van der Waals surface area contributed by atoms with Gasteiger partial charge in [0.05, 0.1) is 0 Å². The van der Waals surface area contributed by atoms with Crippen LogP contribution in [-0.2, 0) is 0 Å². The van der Waals surface area contributed by atoms with Gasteiger partial charge in [-0.3, -0.25) is 0 Å². The lowest BCUT2D eigenvalue weighted by molar-refractivity contribution is 0.669. The largest absolute Gasteiger partial charge is 0.456 e. The summed E-state index contributed by atoms with van der Waals surface area (Å²) in [5.74, 6) is 0. The minimum atomic E-state index is 0.904. The van der Waals surface area contributed by atoms with Crippen molar-refractivity contribution in [2.24, 2.45) is 0 Å². The SMILES string of the molecule is c1ccc(-c2ccc(-c3cccc4c(-c5ccc6oc7ccccc7c6c5)c5cccc(-c6ccccc6-c6ccccc6)c5cc34)cc2)cc1. The van der Waals surface area contributed by atoms with E-state index in [9.17, 15) is 0 Å². The molecule has 0 radical (unpaired) electrons. The van der Waals surface area contributed by atoms with E-state index < -0.39 is 0 Å². The van der Waals surface area contributed by atoms with E-state index in [1.807, 2.05) is 12.1 Å². The van der Waals surface area contributed by atoms with Crippen molar-refractivity contribution in [3.63, 3.8) is 0 Å². The maximum atomic E-state index is 6.27. The molecule has 0 amide bonds. The first-order chi connectivity index (χ1) is 25.3. The summed E-state index contributed by atoms with van der Waals surface area (Å²) in [6, 6.07) is 70.1. The average molecular weight is 649 g/mol. The summed E-state index contributed by atoms with van der Waals surface area (Å²) >= 11 is 0. The molecule has 1 heteroatoms. The molecule has 0 aliphatic carbocycles. The predicted octanol–water partition coefficient (Wildman–Crippen LogP) is 14.2.